The molecule has 33 heavy (non-hydrogen) atoms. The summed E-state index contributed by atoms with van der Waals surface area (Å²) in [5, 5.41) is 3.24. The summed E-state index contributed by atoms with van der Waals surface area (Å²) in [4.78, 5) is 12.6. The molecule has 1 fully saturated rings. The maximum atomic E-state index is 12.6. The van der Waals surface area contributed by atoms with E-state index >= 15 is 0 Å². The van der Waals surface area contributed by atoms with Crippen molar-refractivity contribution in [1.29, 1.82) is 0 Å². The molecule has 0 heterocycles. The lowest BCUT2D eigenvalue weighted by Gasteiger charge is -2.18. The highest BCUT2D eigenvalue weighted by molar-refractivity contribution is 5.92. The standard InChI is InChI=1S/C29H39NO3/c1-32-28-22-24(18-20-27(28)33-23-25-14-10-9-11-15-25)19-21-29(31)30-26-16-12-7-5-3-2-4-6-8-13-17-26/h9-11,14-15,18-22,26H,2-8,12-13,16-17,23H2,1H3,(H,30,31)/b21-19+. The Hall–Kier alpha value is -2.75. The summed E-state index contributed by atoms with van der Waals surface area (Å²) in [5.74, 6) is 1.33. The molecule has 1 amide bonds. The first-order valence-corrected chi connectivity index (χ1v) is 12.6. The van der Waals surface area contributed by atoms with Crippen LogP contribution in [0.3, 0.4) is 0 Å². The molecule has 4 heteroatoms. The van der Waals surface area contributed by atoms with Crippen molar-refractivity contribution in [3.63, 3.8) is 0 Å². The second-order valence-electron chi connectivity index (χ2n) is 8.98. The highest BCUT2D eigenvalue weighted by Crippen LogP contribution is 2.29. The average molecular weight is 450 g/mol. The number of nitrogens with one attached hydrogen (secondary N) is 1. The third-order valence-corrected chi connectivity index (χ3v) is 6.30. The Kier molecular flexibility index (Phi) is 10.9. The highest BCUT2D eigenvalue weighted by Gasteiger charge is 2.11. The second-order valence-corrected chi connectivity index (χ2v) is 8.98. The second kappa shape index (κ2) is 14.4. The fourth-order valence-corrected chi connectivity index (χ4v) is 4.37. The summed E-state index contributed by atoms with van der Waals surface area (Å²) in [6.07, 6.45) is 17.4. The van der Waals surface area contributed by atoms with Gasteiger partial charge in [-0.15, -0.1) is 0 Å². The number of carbonyl (C=O) groups is 1. The molecule has 0 saturated heterocycles. The number of hydrogen-bond acceptors (Lipinski definition) is 3. The smallest absolute Gasteiger partial charge is 0.244 e. The number of hydrogen-bond donors (Lipinski definition) is 1. The van der Waals surface area contributed by atoms with Gasteiger partial charge in [0.15, 0.2) is 11.5 Å². The molecule has 178 valence electrons. The zero-order valence-corrected chi connectivity index (χ0v) is 20.1. The van der Waals surface area contributed by atoms with E-state index in [2.05, 4.69) is 5.32 Å². The first kappa shape index (κ1) is 24.9. The summed E-state index contributed by atoms with van der Waals surface area (Å²) in [7, 11) is 1.63. The van der Waals surface area contributed by atoms with Crippen molar-refractivity contribution in [3.05, 3.63) is 65.7 Å². The van der Waals surface area contributed by atoms with Gasteiger partial charge in [0.2, 0.25) is 5.91 Å². The lowest BCUT2D eigenvalue weighted by atomic mass is 9.98. The quantitative estimate of drug-likeness (QED) is 0.460. The van der Waals surface area contributed by atoms with E-state index in [4.69, 9.17) is 9.47 Å². The number of benzene rings is 2. The van der Waals surface area contributed by atoms with Crippen LogP contribution in [0.15, 0.2) is 54.6 Å². The van der Waals surface area contributed by atoms with E-state index in [1.807, 2.05) is 54.6 Å². The summed E-state index contributed by atoms with van der Waals surface area (Å²) >= 11 is 0. The minimum Gasteiger partial charge on any atom is -0.493 e. The van der Waals surface area contributed by atoms with Crippen LogP contribution in [0.4, 0.5) is 0 Å². The molecule has 4 nitrogen and oxygen atoms in total. The van der Waals surface area contributed by atoms with E-state index in [0.29, 0.717) is 18.1 Å². The largest absolute Gasteiger partial charge is 0.493 e. The summed E-state index contributed by atoms with van der Waals surface area (Å²) < 4.78 is 11.4. The van der Waals surface area contributed by atoms with Crippen LogP contribution in [0.2, 0.25) is 0 Å². The molecule has 0 aliphatic heterocycles. The molecule has 0 spiro atoms. The van der Waals surface area contributed by atoms with Gasteiger partial charge in [0, 0.05) is 12.1 Å². The van der Waals surface area contributed by atoms with E-state index in [1.165, 1.54) is 57.8 Å². The van der Waals surface area contributed by atoms with E-state index in [9.17, 15) is 4.79 Å². The van der Waals surface area contributed by atoms with Crippen molar-refractivity contribution in [2.45, 2.75) is 83.3 Å². The predicted octanol–water partition coefficient (Wildman–Crippen LogP) is 7.08. The first-order valence-electron chi connectivity index (χ1n) is 12.6. The Morgan fingerprint density at radius 2 is 1.52 bits per heavy atom. The van der Waals surface area contributed by atoms with E-state index in [1.54, 1.807) is 13.2 Å². The molecular formula is C29H39NO3. The van der Waals surface area contributed by atoms with Gasteiger partial charge in [0.1, 0.15) is 6.61 Å². The van der Waals surface area contributed by atoms with Crippen LogP contribution >= 0.6 is 0 Å². The third kappa shape index (κ3) is 9.33. The maximum Gasteiger partial charge on any atom is 0.244 e. The van der Waals surface area contributed by atoms with Gasteiger partial charge in [-0.3, -0.25) is 4.79 Å². The van der Waals surface area contributed by atoms with Crippen LogP contribution in [0, 0.1) is 0 Å². The van der Waals surface area contributed by atoms with E-state index in [0.717, 1.165) is 24.0 Å². The first-order chi connectivity index (χ1) is 16.2. The topological polar surface area (TPSA) is 47.6 Å². The van der Waals surface area contributed by atoms with Crippen LogP contribution in [-0.4, -0.2) is 19.1 Å². The van der Waals surface area contributed by atoms with Crippen molar-refractivity contribution in [2.24, 2.45) is 0 Å². The monoisotopic (exact) mass is 449 g/mol. The van der Waals surface area contributed by atoms with Gasteiger partial charge in [-0.25, -0.2) is 0 Å². The number of methoxy groups -OCH3 is 1. The zero-order chi connectivity index (χ0) is 23.1. The van der Waals surface area contributed by atoms with Crippen molar-refractivity contribution in [2.75, 3.05) is 7.11 Å². The lowest BCUT2D eigenvalue weighted by Crippen LogP contribution is -2.33. The van der Waals surface area contributed by atoms with Crippen molar-refractivity contribution in [3.8, 4) is 11.5 Å². The number of carbonyl (C=O) groups excluding carboxylic acids is 1. The van der Waals surface area contributed by atoms with Gasteiger partial charge in [-0.05, 0) is 42.2 Å². The molecule has 1 saturated carbocycles. The van der Waals surface area contributed by atoms with Crippen LogP contribution in [-0.2, 0) is 11.4 Å². The molecule has 2 aromatic rings. The Morgan fingerprint density at radius 3 is 2.15 bits per heavy atom. The Bertz CT molecular complexity index is 850. The van der Waals surface area contributed by atoms with Crippen molar-refractivity contribution in [1.82, 2.24) is 5.32 Å². The highest BCUT2D eigenvalue weighted by atomic mass is 16.5. The normalized spacial score (nSPS) is 16.5. The molecule has 3 rings (SSSR count). The zero-order valence-electron chi connectivity index (χ0n) is 20.1. The SMILES string of the molecule is COc1cc(/C=C/C(=O)NC2CCCCCCCCCCC2)ccc1OCc1ccccc1. The Balaban J connectivity index is 1.53. The fourth-order valence-electron chi connectivity index (χ4n) is 4.37. The summed E-state index contributed by atoms with van der Waals surface area (Å²) in [6, 6.07) is 16.1. The lowest BCUT2D eigenvalue weighted by molar-refractivity contribution is -0.117. The Morgan fingerprint density at radius 1 is 0.879 bits per heavy atom. The summed E-state index contributed by atoms with van der Waals surface area (Å²) in [6.45, 7) is 0.482. The molecule has 1 N–H and O–H groups in total. The molecule has 1 aliphatic rings. The third-order valence-electron chi connectivity index (χ3n) is 6.30. The van der Waals surface area contributed by atoms with Gasteiger partial charge >= 0.3 is 0 Å². The van der Waals surface area contributed by atoms with Gasteiger partial charge < -0.3 is 14.8 Å². The van der Waals surface area contributed by atoms with Crippen LogP contribution in [0.25, 0.3) is 6.08 Å². The molecule has 0 atom stereocenters. The molecule has 0 unspecified atom stereocenters. The molecule has 2 aromatic carbocycles. The molecular weight excluding hydrogens is 410 g/mol. The van der Waals surface area contributed by atoms with E-state index < -0.39 is 0 Å². The maximum absolute atomic E-state index is 12.6. The molecule has 0 radical (unpaired) electrons. The minimum atomic E-state index is -0.0181. The van der Waals surface area contributed by atoms with Crippen LogP contribution < -0.4 is 14.8 Å². The Labute approximate surface area is 199 Å². The van der Waals surface area contributed by atoms with Gasteiger partial charge in [0.05, 0.1) is 7.11 Å². The minimum absolute atomic E-state index is 0.0181. The number of ether oxygens (including phenoxy) is 2. The number of rotatable bonds is 7. The molecule has 1 aliphatic carbocycles. The van der Waals surface area contributed by atoms with Gasteiger partial charge in [-0.1, -0.05) is 94.2 Å². The van der Waals surface area contributed by atoms with Crippen LogP contribution in [0.1, 0.15) is 81.8 Å². The van der Waals surface area contributed by atoms with Gasteiger partial charge in [-0.2, -0.15) is 0 Å². The number of amides is 1. The average Bonchev–Trinajstić information content (AvgIpc) is 2.84. The van der Waals surface area contributed by atoms with Crippen molar-refractivity contribution < 1.29 is 14.3 Å². The van der Waals surface area contributed by atoms with Crippen molar-refractivity contribution >= 4 is 12.0 Å². The molecule has 0 aromatic heterocycles. The van der Waals surface area contributed by atoms with Crippen LogP contribution in [0.5, 0.6) is 11.5 Å². The van der Waals surface area contributed by atoms with E-state index in [-0.39, 0.29) is 11.9 Å². The van der Waals surface area contributed by atoms with Gasteiger partial charge in [0.25, 0.3) is 0 Å². The fraction of sp³-hybridized carbons (Fsp3) is 0.483. The summed E-state index contributed by atoms with van der Waals surface area (Å²) in [5.41, 5.74) is 2.01. The predicted molar refractivity (Wildman–Crippen MR) is 136 cm³/mol. The molecule has 0 bridgehead atoms.